The minimum atomic E-state index is 0.410. The van der Waals surface area contributed by atoms with Gasteiger partial charge in [0.05, 0.1) is 4.87 Å². The van der Waals surface area contributed by atoms with Gasteiger partial charge in [-0.15, -0.1) is 11.8 Å². The number of rotatable bonds is 1. The molecule has 0 aliphatic carbocycles. The Morgan fingerprint density at radius 3 is 3.08 bits per heavy atom. The number of hydrogen-bond acceptors (Lipinski definition) is 3. The zero-order chi connectivity index (χ0) is 9.31. The first kappa shape index (κ1) is 9.81. The van der Waals surface area contributed by atoms with Crippen LogP contribution in [0.1, 0.15) is 26.7 Å². The highest BCUT2D eigenvalue weighted by atomic mass is 32.2. The molecule has 0 radical (unpaired) electrons. The fraction of sp³-hybridized carbons (Fsp3) is 1.00. The molecule has 2 rings (SSSR count). The number of nitrogens with zero attached hydrogens (tertiary/aromatic N) is 1. The summed E-state index contributed by atoms with van der Waals surface area (Å²) in [5.74, 6) is 0. The average molecular weight is 200 g/mol. The molecular weight excluding hydrogens is 180 g/mol. The van der Waals surface area contributed by atoms with E-state index in [9.17, 15) is 0 Å². The van der Waals surface area contributed by atoms with Crippen molar-refractivity contribution in [3.63, 3.8) is 0 Å². The zero-order valence-corrected chi connectivity index (χ0v) is 9.49. The van der Waals surface area contributed by atoms with Crippen molar-refractivity contribution in [3.05, 3.63) is 0 Å². The maximum atomic E-state index is 3.71. The molecule has 2 unspecified atom stereocenters. The molecule has 0 aromatic heterocycles. The van der Waals surface area contributed by atoms with E-state index in [0.717, 1.165) is 5.25 Å². The van der Waals surface area contributed by atoms with Crippen LogP contribution in [0.4, 0.5) is 0 Å². The predicted octanol–water partition coefficient (Wildman–Crippen LogP) is 1.52. The Morgan fingerprint density at radius 1 is 1.62 bits per heavy atom. The van der Waals surface area contributed by atoms with E-state index in [1.165, 1.54) is 39.0 Å². The third-order valence-electron chi connectivity index (χ3n) is 3.18. The standard InChI is InChI=1S/C10H20N2S/c1-3-12-7-5-10(8-12)11-6-4-9(2)13-10/h9,11H,3-8H2,1-2H3. The third kappa shape index (κ3) is 2.03. The van der Waals surface area contributed by atoms with Gasteiger partial charge >= 0.3 is 0 Å². The third-order valence-corrected chi connectivity index (χ3v) is 4.75. The lowest BCUT2D eigenvalue weighted by Gasteiger charge is -2.37. The minimum absolute atomic E-state index is 0.410. The lowest BCUT2D eigenvalue weighted by Crippen LogP contribution is -2.49. The maximum absolute atomic E-state index is 3.71. The van der Waals surface area contributed by atoms with E-state index in [-0.39, 0.29) is 0 Å². The molecule has 0 aromatic rings. The molecule has 76 valence electrons. The normalized spacial score (nSPS) is 41.5. The van der Waals surface area contributed by atoms with Crippen LogP contribution in [0, 0.1) is 0 Å². The van der Waals surface area contributed by atoms with Crippen molar-refractivity contribution in [3.8, 4) is 0 Å². The van der Waals surface area contributed by atoms with E-state index in [1.807, 2.05) is 0 Å². The quantitative estimate of drug-likeness (QED) is 0.691. The molecule has 1 N–H and O–H groups in total. The fourth-order valence-electron chi connectivity index (χ4n) is 2.36. The van der Waals surface area contributed by atoms with Gasteiger partial charge in [0.15, 0.2) is 0 Å². The molecule has 0 aromatic carbocycles. The molecular formula is C10H20N2S. The molecule has 2 heterocycles. The first-order valence-electron chi connectivity index (χ1n) is 5.39. The average Bonchev–Trinajstić information content (AvgIpc) is 2.48. The minimum Gasteiger partial charge on any atom is -0.302 e. The molecule has 2 nitrogen and oxygen atoms in total. The summed E-state index contributed by atoms with van der Waals surface area (Å²) in [4.78, 5) is 2.96. The molecule has 0 bridgehead atoms. The van der Waals surface area contributed by atoms with Gasteiger partial charge in [-0.1, -0.05) is 13.8 Å². The van der Waals surface area contributed by atoms with Crippen LogP contribution in [0.2, 0.25) is 0 Å². The van der Waals surface area contributed by atoms with Crippen LogP contribution < -0.4 is 5.32 Å². The summed E-state index contributed by atoms with van der Waals surface area (Å²) in [5, 5.41) is 4.56. The summed E-state index contributed by atoms with van der Waals surface area (Å²) in [5.41, 5.74) is 0. The van der Waals surface area contributed by atoms with Crippen LogP contribution in [0.5, 0.6) is 0 Å². The second-order valence-electron chi connectivity index (χ2n) is 4.26. The summed E-state index contributed by atoms with van der Waals surface area (Å²) in [6.07, 6.45) is 2.66. The van der Waals surface area contributed by atoms with Crippen LogP contribution in [0.15, 0.2) is 0 Å². The summed E-state index contributed by atoms with van der Waals surface area (Å²) < 4.78 is 0. The molecule has 2 fully saturated rings. The lowest BCUT2D eigenvalue weighted by molar-refractivity contribution is 0.334. The smallest absolute Gasteiger partial charge is 0.0788 e. The predicted molar refractivity (Wildman–Crippen MR) is 59.1 cm³/mol. The van der Waals surface area contributed by atoms with Crippen molar-refractivity contribution in [1.29, 1.82) is 0 Å². The van der Waals surface area contributed by atoms with E-state index < -0.39 is 0 Å². The second-order valence-corrected chi connectivity index (χ2v) is 6.08. The van der Waals surface area contributed by atoms with Gasteiger partial charge < -0.3 is 10.2 Å². The van der Waals surface area contributed by atoms with E-state index in [2.05, 4.69) is 35.8 Å². The number of nitrogens with one attached hydrogen (secondary N) is 1. The Balaban J connectivity index is 1.97. The molecule has 1 spiro atoms. The first-order chi connectivity index (χ1) is 6.24. The number of likely N-dealkylation sites (N-methyl/N-ethyl adjacent to an activating group) is 1. The lowest BCUT2D eigenvalue weighted by atomic mass is 10.2. The fourth-order valence-corrected chi connectivity index (χ4v) is 4.01. The first-order valence-corrected chi connectivity index (χ1v) is 6.27. The summed E-state index contributed by atoms with van der Waals surface area (Å²) in [6.45, 7) is 9.57. The van der Waals surface area contributed by atoms with Crippen LogP contribution in [-0.4, -0.2) is 41.2 Å². The highest BCUT2D eigenvalue weighted by Crippen LogP contribution is 2.38. The van der Waals surface area contributed by atoms with Gasteiger partial charge in [0, 0.05) is 18.3 Å². The Kier molecular flexibility index (Phi) is 2.86. The van der Waals surface area contributed by atoms with Crippen molar-refractivity contribution < 1.29 is 0 Å². The Bertz CT molecular complexity index is 186. The SMILES string of the molecule is CCN1CCC2(C1)NCCC(C)S2. The van der Waals surface area contributed by atoms with Crippen molar-refractivity contribution in [2.75, 3.05) is 26.2 Å². The largest absolute Gasteiger partial charge is 0.302 e. The Hall–Kier alpha value is 0.270. The van der Waals surface area contributed by atoms with Crippen LogP contribution in [0.25, 0.3) is 0 Å². The van der Waals surface area contributed by atoms with E-state index in [0.29, 0.717) is 4.87 Å². The molecule has 13 heavy (non-hydrogen) atoms. The van der Waals surface area contributed by atoms with Crippen molar-refractivity contribution in [2.45, 2.75) is 36.8 Å². The zero-order valence-electron chi connectivity index (χ0n) is 8.68. The molecule has 3 heteroatoms. The van der Waals surface area contributed by atoms with Gasteiger partial charge in [0.2, 0.25) is 0 Å². The molecule has 2 atom stereocenters. The van der Waals surface area contributed by atoms with Gasteiger partial charge in [-0.05, 0) is 25.9 Å². The van der Waals surface area contributed by atoms with Gasteiger partial charge in [-0.2, -0.15) is 0 Å². The van der Waals surface area contributed by atoms with Crippen LogP contribution in [0.3, 0.4) is 0 Å². The molecule has 2 saturated heterocycles. The molecule has 2 aliphatic heterocycles. The summed E-state index contributed by atoms with van der Waals surface area (Å²) in [7, 11) is 0. The van der Waals surface area contributed by atoms with E-state index in [1.54, 1.807) is 0 Å². The molecule has 2 aliphatic rings. The highest BCUT2D eigenvalue weighted by Gasteiger charge is 2.40. The van der Waals surface area contributed by atoms with Crippen LogP contribution >= 0.6 is 11.8 Å². The monoisotopic (exact) mass is 200 g/mol. The Morgan fingerprint density at radius 2 is 2.46 bits per heavy atom. The van der Waals surface area contributed by atoms with Gasteiger partial charge in [-0.3, -0.25) is 0 Å². The second kappa shape index (κ2) is 3.79. The molecule has 0 saturated carbocycles. The molecule has 0 amide bonds. The summed E-state index contributed by atoms with van der Waals surface area (Å²) >= 11 is 2.16. The maximum Gasteiger partial charge on any atom is 0.0788 e. The summed E-state index contributed by atoms with van der Waals surface area (Å²) in [6, 6.07) is 0. The topological polar surface area (TPSA) is 15.3 Å². The number of likely N-dealkylation sites (tertiary alicyclic amines) is 1. The van der Waals surface area contributed by atoms with Gasteiger partial charge in [0.1, 0.15) is 0 Å². The van der Waals surface area contributed by atoms with Gasteiger partial charge in [0.25, 0.3) is 0 Å². The van der Waals surface area contributed by atoms with Crippen molar-refractivity contribution in [1.82, 2.24) is 10.2 Å². The van der Waals surface area contributed by atoms with Crippen molar-refractivity contribution in [2.24, 2.45) is 0 Å². The van der Waals surface area contributed by atoms with E-state index in [4.69, 9.17) is 0 Å². The van der Waals surface area contributed by atoms with Gasteiger partial charge in [-0.25, -0.2) is 0 Å². The Labute approximate surface area is 85.4 Å². The number of hydrogen-bond donors (Lipinski definition) is 1. The van der Waals surface area contributed by atoms with Crippen molar-refractivity contribution >= 4 is 11.8 Å². The van der Waals surface area contributed by atoms with Crippen LogP contribution in [-0.2, 0) is 0 Å². The van der Waals surface area contributed by atoms with E-state index >= 15 is 0 Å². The highest BCUT2D eigenvalue weighted by molar-refractivity contribution is 8.01. The number of thioether (sulfide) groups is 1.